The molecule has 1 fully saturated rings. The predicted molar refractivity (Wildman–Crippen MR) is 58.0 cm³/mol. The third kappa shape index (κ3) is 2.35. The highest BCUT2D eigenvalue weighted by Gasteiger charge is 2.52. The topological polar surface area (TPSA) is 66.8 Å². The molecule has 0 aromatic heterocycles. The van der Waals surface area contributed by atoms with E-state index in [2.05, 4.69) is 0 Å². The van der Waals surface area contributed by atoms with Gasteiger partial charge in [0.25, 0.3) is 0 Å². The second-order valence-electron chi connectivity index (χ2n) is 4.16. The van der Waals surface area contributed by atoms with Gasteiger partial charge in [-0.1, -0.05) is 6.42 Å². The molecule has 1 aliphatic rings. The number of likely N-dealkylation sites (N-methyl/N-ethyl adjacent to an activating group) is 1. The molecule has 92 valence electrons. The molecule has 0 bridgehead atoms. The maximum atomic E-state index is 12.0. The van der Waals surface area contributed by atoms with Gasteiger partial charge < -0.3 is 14.7 Å². The van der Waals surface area contributed by atoms with Crippen molar-refractivity contribution in [2.24, 2.45) is 5.41 Å². The number of carboxylic acid groups (broad SMARTS) is 1. The van der Waals surface area contributed by atoms with Gasteiger partial charge in [0.05, 0.1) is 6.61 Å². The highest BCUT2D eigenvalue weighted by atomic mass is 16.5. The van der Waals surface area contributed by atoms with E-state index in [0.717, 1.165) is 6.42 Å². The van der Waals surface area contributed by atoms with Crippen LogP contribution >= 0.6 is 0 Å². The zero-order chi connectivity index (χ0) is 12.2. The fourth-order valence-electron chi connectivity index (χ4n) is 1.86. The Balaban J connectivity index is 2.52. The quantitative estimate of drug-likeness (QED) is 0.538. The van der Waals surface area contributed by atoms with Gasteiger partial charge in [-0.05, 0) is 19.8 Å². The van der Waals surface area contributed by atoms with Crippen molar-refractivity contribution in [2.45, 2.75) is 26.2 Å². The van der Waals surface area contributed by atoms with Crippen molar-refractivity contribution in [1.29, 1.82) is 0 Å². The van der Waals surface area contributed by atoms with Gasteiger partial charge in [0.15, 0.2) is 0 Å². The molecule has 0 aromatic carbocycles. The van der Waals surface area contributed by atoms with Gasteiger partial charge in [0, 0.05) is 20.2 Å². The maximum absolute atomic E-state index is 12.0. The van der Waals surface area contributed by atoms with Crippen LogP contribution in [0.5, 0.6) is 0 Å². The molecule has 1 aliphatic carbocycles. The van der Waals surface area contributed by atoms with E-state index in [1.54, 1.807) is 7.05 Å². The highest BCUT2D eigenvalue weighted by Crippen LogP contribution is 2.42. The summed E-state index contributed by atoms with van der Waals surface area (Å²) in [6.45, 7) is 3.38. The molecule has 0 radical (unpaired) electrons. The zero-order valence-corrected chi connectivity index (χ0v) is 9.86. The SMILES string of the molecule is CCOCCN(C)C(=O)C1(C(=O)O)CCC1. The van der Waals surface area contributed by atoms with E-state index in [4.69, 9.17) is 9.84 Å². The van der Waals surface area contributed by atoms with Gasteiger partial charge in [0.1, 0.15) is 5.41 Å². The van der Waals surface area contributed by atoms with Crippen LogP contribution in [0.2, 0.25) is 0 Å². The summed E-state index contributed by atoms with van der Waals surface area (Å²) in [5.41, 5.74) is -1.15. The molecule has 1 N–H and O–H groups in total. The van der Waals surface area contributed by atoms with E-state index in [0.29, 0.717) is 32.6 Å². The standard InChI is InChI=1S/C11H19NO4/c1-3-16-8-7-12(2)9(13)11(10(14)15)5-4-6-11/h3-8H2,1-2H3,(H,14,15). The minimum atomic E-state index is -1.15. The summed E-state index contributed by atoms with van der Waals surface area (Å²) in [5, 5.41) is 9.10. The second kappa shape index (κ2) is 5.30. The first-order chi connectivity index (χ1) is 7.54. The molecule has 5 nitrogen and oxygen atoms in total. The second-order valence-corrected chi connectivity index (χ2v) is 4.16. The highest BCUT2D eigenvalue weighted by molar-refractivity contribution is 6.02. The Bertz CT molecular complexity index is 273. The maximum Gasteiger partial charge on any atom is 0.319 e. The molecule has 0 atom stereocenters. The van der Waals surface area contributed by atoms with Crippen LogP contribution in [0.3, 0.4) is 0 Å². The third-order valence-electron chi connectivity index (χ3n) is 3.15. The lowest BCUT2D eigenvalue weighted by atomic mass is 9.68. The van der Waals surface area contributed by atoms with Crippen LogP contribution in [0, 0.1) is 5.41 Å². The van der Waals surface area contributed by atoms with Crippen molar-refractivity contribution >= 4 is 11.9 Å². The molecule has 5 heteroatoms. The first-order valence-electron chi connectivity index (χ1n) is 5.61. The van der Waals surface area contributed by atoms with Gasteiger partial charge in [-0.3, -0.25) is 9.59 Å². The number of aliphatic carboxylic acids is 1. The first-order valence-corrected chi connectivity index (χ1v) is 5.61. The van der Waals surface area contributed by atoms with E-state index in [1.807, 2.05) is 6.92 Å². The normalized spacial score (nSPS) is 17.6. The largest absolute Gasteiger partial charge is 0.480 e. The number of carbonyl (C=O) groups is 2. The first kappa shape index (κ1) is 13.0. The van der Waals surface area contributed by atoms with Crippen molar-refractivity contribution in [1.82, 2.24) is 4.90 Å². The number of nitrogens with zero attached hydrogens (tertiary/aromatic N) is 1. The predicted octanol–water partition coefficient (Wildman–Crippen LogP) is 0.736. The molecule has 16 heavy (non-hydrogen) atoms. The Morgan fingerprint density at radius 2 is 2.06 bits per heavy atom. The van der Waals surface area contributed by atoms with Gasteiger partial charge in [-0.25, -0.2) is 0 Å². The molecule has 1 amide bonds. The van der Waals surface area contributed by atoms with E-state index in [9.17, 15) is 9.59 Å². The monoisotopic (exact) mass is 229 g/mol. The summed E-state index contributed by atoms with van der Waals surface area (Å²) in [5.74, 6) is -1.28. The van der Waals surface area contributed by atoms with Crippen LogP contribution in [-0.2, 0) is 14.3 Å². The summed E-state index contributed by atoms with van der Waals surface area (Å²) in [4.78, 5) is 24.5. The van der Waals surface area contributed by atoms with E-state index < -0.39 is 11.4 Å². The van der Waals surface area contributed by atoms with Crippen LogP contribution in [0.1, 0.15) is 26.2 Å². The number of amides is 1. The van der Waals surface area contributed by atoms with Crippen LogP contribution in [0.25, 0.3) is 0 Å². The van der Waals surface area contributed by atoms with Crippen LogP contribution in [0.15, 0.2) is 0 Å². The summed E-state index contributed by atoms with van der Waals surface area (Å²) in [6.07, 6.45) is 1.73. The third-order valence-corrected chi connectivity index (χ3v) is 3.15. The molecule has 1 saturated carbocycles. The average Bonchev–Trinajstić information content (AvgIpc) is 2.15. The molecule has 0 saturated heterocycles. The van der Waals surface area contributed by atoms with Crippen molar-refractivity contribution in [3.8, 4) is 0 Å². The van der Waals surface area contributed by atoms with E-state index >= 15 is 0 Å². The van der Waals surface area contributed by atoms with E-state index in [1.165, 1.54) is 4.90 Å². The number of carboxylic acids is 1. The molecular formula is C11H19NO4. The summed E-state index contributed by atoms with van der Waals surface area (Å²) in [6, 6.07) is 0. The van der Waals surface area contributed by atoms with Gasteiger partial charge in [-0.15, -0.1) is 0 Å². The summed E-state index contributed by atoms with van der Waals surface area (Å²) >= 11 is 0. The Labute approximate surface area is 95.4 Å². The molecule has 0 aliphatic heterocycles. The summed E-state index contributed by atoms with van der Waals surface area (Å²) in [7, 11) is 1.63. The molecular weight excluding hydrogens is 210 g/mol. The lowest BCUT2D eigenvalue weighted by Crippen LogP contribution is -2.52. The van der Waals surface area contributed by atoms with Crippen molar-refractivity contribution in [3.63, 3.8) is 0 Å². The molecule has 1 rings (SSSR count). The van der Waals surface area contributed by atoms with Crippen LogP contribution < -0.4 is 0 Å². The molecule has 0 aromatic rings. The Morgan fingerprint density at radius 3 is 2.44 bits per heavy atom. The molecule has 0 unspecified atom stereocenters. The Morgan fingerprint density at radius 1 is 1.44 bits per heavy atom. The average molecular weight is 229 g/mol. The summed E-state index contributed by atoms with van der Waals surface area (Å²) < 4.78 is 5.14. The number of hydrogen-bond acceptors (Lipinski definition) is 3. The minimum Gasteiger partial charge on any atom is -0.480 e. The van der Waals surface area contributed by atoms with Crippen molar-refractivity contribution < 1.29 is 19.4 Å². The number of ether oxygens (including phenoxy) is 1. The Kier molecular flexibility index (Phi) is 4.29. The van der Waals surface area contributed by atoms with Crippen LogP contribution in [-0.4, -0.2) is 48.7 Å². The fraction of sp³-hybridized carbons (Fsp3) is 0.818. The minimum absolute atomic E-state index is 0.286. The number of rotatable bonds is 6. The van der Waals surface area contributed by atoms with E-state index in [-0.39, 0.29) is 5.91 Å². The number of hydrogen-bond donors (Lipinski definition) is 1. The Hall–Kier alpha value is -1.10. The van der Waals surface area contributed by atoms with Crippen LogP contribution in [0.4, 0.5) is 0 Å². The fourth-order valence-corrected chi connectivity index (χ4v) is 1.86. The smallest absolute Gasteiger partial charge is 0.319 e. The number of carbonyl (C=O) groups excluding carboxylic acids is 1. The molecule has 0 spiro atoms. The lowest BCUT2D eigenvalue weighted by molar-refractivity contribution is -0.167. The van der Waals surface area contributed by atoms with Gasteiger partial charge in [-0.2, -0.15) is 0 Å². The van der Waals surface area contributed by atoms with Gasteiger partial charge >= 0.3 is 5.97 Å². The van der Waals surface area contributed by atoms with Crippen molar-refractivity contribution in [2.75, 3.05) is 26.8 Å². The zero-order valence-electron chi connectivity index (χ0n) is 9.86. The van der Waals surface area contributed by atoms with Crippen molar-refractivity contribution in [3.05, 3.63) is 0 Å². The molecule has 0 heterocycles. The lowest BCUT2D eigenvalue weighted by Gasteiger charge is -2.38. The van der Waals surface area contributed by atoms with Gasteiger partial charge in [0.2, 0.25) is 5.91 Å².